The van der Waals surface area contributed by atoms with Crippen molar-refractivity contribution in [2.24, 2.45) is 86.7 Å². The van der Waals surface area contributed by atoms with Crippen molar-refractivity contribution in [1.29, 1.82) is 0 Å². The largest absolute Gasteiger partial charge is 0.487 e. The molecule has 0 fully saturated rings. The highest BCUT2D eigenvalue weighted by atomic mass is 32.2. The van der Waals surface area contributed by atoms with Crippen LogP contribution in [-0.4, -0.2) is 99.5 Å². The Morgan fingerprint density at radius 1 is 0.371 bits per heavy atom. The summed E-state index contributed by atoms with van der Waals surface area (Å²) in [6.45, 7) is 9.25. The molecule has 0 unspecified atom stereocenters. The predicted molar refractivity (Wildman–Crippen MR) is 280 cm³/mol. The number of ether oxygens (including phenoxy) is 6. The van der Waals surface area contributed by atoms with Crippen LogP contribution in [0.2, 0.25) is 0 Å². The second-order valence-electron chi connectivity index (χ2n) is 14.7. The van der Waals surface area contributed by atoms with E-state index in [0.29, 0.717) is 59.1 Å². The van der Waals surface area contributed by atoms with Gasteiger partial charge in [-0.25, -0.2) is 0 Å². The summed E-state index contributed by atoms with van der Waals surface area (Å²) < 4.78 is 43.1. The van der Waals surface area contributed by atoms with Gasteiger partial charge in [-0.3, -0.25) is 0 Å². The molecule has 0 atom stereocenters. The molecule has 0 saturated carbocycles. The molecule has 18 N–H and O–H groups in total. The Morgan fingerprint density at radius 2 is 0.657 bits per heavy atom. The van der Waals surface area contributed by atoms with Crippen molar-refractivity contribution in [2.75, 3.05) is 62.3 Å². The maximum atomic E-state index is 6.19. The molecular weight excluding hydrogens is 941 g/mol. The van der Waals surface area contributed by atoms with Gasteiger partial charge in [0.25, 0.3) is 0 Å². The molecule has 0 saturated heterocycles. The number of fused-ring (bicyclic) bond motifs is 2. The summed E-state index contributed by atoms with van der Waals surface area (Å²) in [5, 5.41) is 31.7. The third kappa shape index (κ3) is 17.9. The lowest BCUT2D eigenvalue weighted by Gasteiger charge is -2.17. The molecular formula is C44H58N18O6S2. The van der Waals surface area contributed by atoms with Crippen LogP contribution >= 0.6 is 23.9 Å². The second-order valence-corrected chi connectivity index (χ2v) is 16.4. The first-order valence-corrected chi connectivity index (χ1v) is 22.9. The highest BCUT2D eigenvalue weighted by Crippen LogP contribution is 2.35. The normalized spacial score (nSPS) is 14.2. The van der Waals surface area contributed by atoms with Crippen LogP contribution in [0.4, 0.5) is 11.4 Å². The summed E-state index contributed by atoms with van der Waals surface area (Å²) in [6.07, 6.45) is 0. The molecule has 4 aromatic rings. The molecule has 70 heavy (non-hydrogen) atoms. The van der Waals surface area contributed by atoms with Gasteiger partial charge >= 0.3 is 0 Å². The molecule has 0 aliphatic carbocycles. The molecule has 0 aromatic heterocycles. The van der Waals surface area contributed by atoms with Gasteiger partial charge in [-0.1, -0.05) is 0 Å². The Balaban J connectivity index is 1.25. The summed E-state index contributed by atoms with van der Waals surface area (Å²) in [7, 11) is 0. The Hall–Kier alpha value is -7.94. The first-order valence-electron chi connectivity index (χ1n) is 21.3. The molecule has 0 spiro atoms. The molecule has 1 aliphatic rings. The van der Waals surface area contributed by atoms with Crippen LogP contribution < -0.4 is 74.3 Å². The van der Waals surface area contributed by atoms with Crippen molar-refractivity contribution in [1.82, 2.24) is 0 Å². The zero-order valence-electron chi connectivity index (χ0n) is 39.0. The molecule has 24 nitrogen and oxygen atoms in total. The van der Waals surface area contributed by atoms with E-state index in [1.54, 1.807) is 27.7 Å². The number of rotatable bonds is 14. The van der Waals surface area contributed by atoms with Gasteiger partial charge in [-0.15, -0.1) is 20.4 Å². The molecule has 1 aliphatic heterocycles. The Labute approximate surface area is 413 Å². The van der Waals surface area contributed by atoms with E-state index in [1.165, 1.54) is 23.9 Å². The van der Waals surface area contributed by atoms with Crippen molar-refractivity contribution >= 4 is 82.0 Å². The van der Waals surface area contributed by atoms with Gasteiger partial charge in [0.2, 0.25) is 23.8 Å². The van der Waals surface area contributed by atoms with E-state index < -0.39 is 0 Å². The van der Waals surface area contributed by atoms with Gasteiger partial charge < -0.3 is 83.7 Å². The number of nitrogens with zero attached hydrogens (tertiary/aromatic N) is 8. The van der Waals surface area contributed by atoms with E-state index >= 15 is 0 Å². The monoisotopic (exact) mass is 998 g/mol. The maximum Gasteiger partial charge on any atom is 0.211 e. The zero-order valence-corrected chi connectivity index (χ0v) is 40.7. The Morgan fingerprint density at radius 3 is 0.943 bits per heavy atom. The molecule has 0 amide bonds. The van der Waals surface area contributed by atoms with E-state index in [2.05, 4.69) is 50.3 Å². The third-order valence-electron chi connectivity index (χ3n) is 9.14. The van der Waals surface area contributed by atoms with E-state index in [9.17, 15) is 0 Å². The van der Waals surface area contributed by atoms with Crippen molar-refractivity contribution < 1.29 is 28.4 Å². The summed E-state index contributed by atoms with van der Waals surface area (Å²) in [6, 6.07) is 22.5. The second kappa shape index (κ2) is 27.2. The summed E-state index contributed by atoms with van der Waals surface area (Å²) >= 11 is 2.70. The van der Waals surface area contributed by atoms with E-state index in [4.69, 9.17) is 74.3 Å². The lowest BCUT2D eigenvalue weighted by Crippen LogP contribution is -2.22. The highest BCUT2D eigenvalue weighted by molar-refractivity contribution is 8.00. The first kappa shape index (κ1) is 53.0. The topological polar surface area (TPSA) is 386 Å². The smallest absolute Gasteiger partial charge is 0.211 e. The fourth-order valence-electron chi connectivity index (χ4n) is 5.82. The minimum atomic E-state index is -0.167. The molecule has 0 bridgehead atoms. The quantitative estimate of drug-likeness (QED) is 0.0375. The number of nitrogens with two attached hydrogens (primary N) is 8. The molecule has 1 heterocycles. The van der Waals surface area contributed by atoms with Gasteiger partial charge in [-0.05, 0) is 124 Å². The average molecular weight is 999 g/mol. The number of guanidine groups is 4. The molecule has 5 rings (SSSR count). The predicted octanol–water partition coefficient (Wildman–Crippen LogP) is 3.18. The van der Waals surface area contributed by atoms with Gasteiger partial charge in [-0.2, -0.15) is 20.4 Å². The van der Waals surface area contributed by atoms with Crippen LogP contribution in [0.1, 0.15) is 49.9 Å². The van der Waals surface area contributed by atoms with Crippen molar-refractivity contribution in [3.8, 4) is 23.0 Å². The van der Waals surface area contributed by atoms with E-state index in [0.717, 1.165) is 43.4 Å². The van der Waals surface area contributed by atoms with E-state index in [-0.39, 0.29) is 63.5 Å². The SMILES string of the molecule is C/C(=N\N=C(N)N)c1cc(NSc2ccc3c(c2)OCCOCCOc2cc(SNc4cc(/C(C)=N/N=C(N)N)cc(/C(C)=N/N=C(N)N)c4)ccc2OCCOCCO3)cc(/C(C)=N/N=C(N)N)c1. The maximum absolute atomic E-state index is 6.19. The molecule has 0 radical (unpaired) electrons. The van der Waals surface area contributed by atoms with Crippen LogP contribution in [0.15, 0.2) is 123 Å². The fourth-order valence-corrected chi connectivity index (χ4v) is 7.13. The van der Waals surface area contributed by atoms with Crippen molar-refractivity contribution in [2.45, 2.75) is 37.5 Å². The van der Waals surface area contributed by atoms with Crippen LogP contribution in [0.3, 0.4) is 0 Å². The fraction of sp³-hybridized carbons (Fsp3) is 0.273. The number of hydrogen-bond acceptors (Lipinski definition) is 18. The lowest BCUT2D eigenvalue weighted by molar-refractivity contribution is 0.0639. The lowest BCUT2D eigenvalue weighted by atomic mass is 10.0. The first-order chi connectivity index (χ1) is 33.6. The summed E-state index contributed by atoms with van der Waals surface area (Å²) in [4.78, 5) is 1.66. The molecule has 4 aromatic carbocycles. The van der Waals surface area contributed by atoms with Crippen LogP contribution in [0.5, 0.6) is 23.0 Å². The summed E-state index contributed by atoms with van der Waals surface area (Å²) in [5.41, 5.74) is 50.6. The van der Waals surface area contributed by atoms with Crippen molar-refractivity contribution in [3.05, 3.63) is 95.1 Å². The number of anilines is 2. The van der Waals surface area contributed by atoms with Gasteiger partial charge in [0.1, 0.15) is 26.4 Å². The Kier molecular flexibility index (Phi) is 20.6. The van der Waals surface area contributed by atoms with Gasteiger partial charge in [0, 0.05) is 43.4 Å². The Bertz CT molecular complexity index is 2390. The van der Waals surface area contributed by atoms with E-state index in [1.807, 2.05) is 72.8 Å². The minimum absolute atomic E-state index is 0.167. The van der Waals surface area contributed by atoms with Crippen LogP contribution in [-0.2, 0) is 9.47 Å². The third-order valence-corrected chi connectivity index (χ3v) is 10.8. The minimum Gasteiger partial charge on any atom is -0.487 e. The van der Waals surface area contributed by atoms with Gasteiger partial charge in [0.15, 0.2) is 23.0 Å². The molecule has 372 valence electrons. The average Bonchev–Trinajstić information content (AvgIpc) is 3.34. The standard InChI is InChI=1S/C44H58N18O6S2/c1-25(53-57-41(45)46)29-17-30(26(2)54-58-42(47)48)20-33(19-29)61-69-35-5-7-37-39(23-35)67-15-11-64-12-16-68-40-24-36(6-8-38(40)66-14-10-63-9-13-65-37)70-62-34-21-31(27(3)55-59-43(49)50)18-32(22-34)28(4)56-60-44(51)52/h5-8,17-24,61-62H,9-16H2,1-4H3,(H4,45,46,57)(H4,47,48,58)(H4,49,50,59)(H4,51,52,60)/b53-25+,54-26+,55-27+,56-28+. The van der Waals surface area contributed by atoms with Gasteiger partial charge in [0.05, 0.1) is 49.3 Å². The number of hydrogen-bond donors (Lipinski definition) is 10. The van der Waals surface area contributed by atoms with Crippen LogP contribution in [0, 0.1) is 0 Å². The van der Waals surface area contributed by atoms with Crippen LogP contribution in [0.25, 0.3) is 0 Å². The number of nitrogens with one attached hydrogen (secondary N) is 2. The molecule has 26 heteroatoms. The highest BCUT2D eigenvalue weighted by Gasteiger charge is 2.14. The summed E-state index contributed by atoms with van der Waals surface area (Å²) in [5.74, 6) is 1.45. The number of benzene rings is 4. The van der Waals surface area contributed by atoms with Crippen molar-refractivity contribution in [3.63, 3.8) is 0 Å². The zero-order chi connectivity index (χ0) is 50.4.